The topological polar surface area (TPSA) is 56.9 Å². The number of hydrogen-bond acceptors (Lipinski definition) is 4. The van der Waals surface area contributed by atoms with E-state index in [0.29, 0.717) is 5.92 Å². The Kier molecular flexibility index (Phi) is 4.41. The summed E-state index contributed by atoms with van der Waals surface area (Å²) in [5.41, 5.74) is 6.13. The molecule has 25 heavy (non-hydrogen) atoms. The van der Waals surface area contributed by atoms with E-state index < -0.39 is 0 Å². The zero-order valence-corrected chi connectivity index (χ0v) is 15.7. The molecule has 2 aromatic rings. The van der Waals surface area contributed by atoms with Crippen molar-refractivity contribution in [3.8, 4) is 0 Å². The SMILES string of the molecule is Cc1nn(C)c(C)c1[C@H]1OCC[C@@H]1CNC(C)c1cc2n(n1)CCC2. The van der Waals surface area contributed by atoms with E-state index in [2.05, 4.69) is 41.9 Å². The van der Waals surface area contributed by atoms with E-state index in [-0.39, 0.29) is 12.1 Å². The maximum atomic E-state index is 6.10. The first-order valence-corrected chi connectivity index (χ1v) is 9.46. The fraction of sp³-hybridized carbons (Fsp3) is 0.684. The Hall–Kier alpha value is -1.66. The molecule has 0 bridgehead atoms. The highest BCUT2D eigenvalue weighted by Crippen LogP contribution is 2.37. The zero-order valence-electron chi connectivity index (χ0n) is 15.7. The number of aryl methyl sites for hydroxylation is 4. The monoisotopic (exact) mass is 343 g/mol. The van der Waals surface area contributed by atoms with Crippen LogP contribution in [0.25, 0.3) is 0 Å². The Labute approximate surface area is 149 Å². The minimum atomic E-state index is 0.153. The van der Waals surface area contributed by atoms with E-state index in [0.717, 1.165) is 38.2 Å². The van der Waals surface area contributed by atoms with E-state index in [1.54, 1.807) is 0 Å². The van der Waals surface area contributed by atoms with Crippen molar-refractivity contribution in [2.75, 3.05) is 13.2 Å². The molecule has 2 aliphatic heterocycles. The minimum absolute atomic E-state index is 0.153. The van der Waals surface area contributed by atoms with Gasteiger partial charge in [0.15, 0.2) is 0 Å². The Bertz CT molecular complexity index is 741. The molecule has 0 spiro atoms. The highest BCUT2D eigenvalue weighted by atomic mass is 16.5. The van der Waals surface area contributed by atoms with Crippen molar-refractivity contribution >= 4 is 0 Å². The average Bonchev–Trinajstić information content (AvgIpc) is 3.31. The fourth-order valence-corrected chi connectivity index (χ4v) is 4.29. The number of rotatable bonds is 5. The Morgan fingerprint density at radius 3 is 2.92 bits per heavy atom. The fourth-order valence-electron chi connectivity index (χ4n) is 4.29. The molecule has 1 saturated heterocycles. The second-order valence-electron chi connectivity index (χ2n) is 7.57. The smallest absolute Gasteiger partial charge is 0.0901 e. The summed E-state index contributed by atoms with van der Waals surface area (Å²) in [5.74, 6) is 0.485. The first-order valence-electron chi connectivity index (χ1n) is 9.46. The standard InChI is InChI=1S/C19H29N5O/c1-12(17-10-16-6-5-8-24(16)22-17)20-11-15-7-9-25-19(15)18-13(2)21-23(4)14(18)3/h10,12,15,19-20H,5-9,11H2,1-4H3/t12?,15-,19+/m1/s1. The summed E-state index contributed by atoms with van der Waals surface area (Å²) in [6.45, 7) is 9.28. The summed E-state index contributed by atoms with van der Waals surface area (Å²) in [4.78, 5) is 0. The molecule has 0 aromatic carbocycles. The molecule has 1 N–H and O–H groups in total. The van der Waals surface area contributed by atoms with Gasteiger partial charge < -0.3 is 10.1 Å². The van der Waals surface area contributed by atoms with Gasteiger partial charge in [0, 0.05) is 55.7 Å². The highest BCUT2D eigenvalue weighted by Gasteiger charge is 2.33. The summed E-state index contributed by atoms with van der Waals surface area (Å²) < 4.78 is 10.2. The van der Waals surface area contributed by atoms with E-state index in [1.165, 1.54) is 29.1 Å². The molecular weight excluding hydrogens is 314 g/mol. The van der Waals surface area contributed by atoms with Crippen molar-refractivity contribution in [3.05, 3.63) is 34.4 Å². The van der Waals surface area contributed by atoms with Crippen molar-refractivity contribution in [2.45, 2.75) is 58.7 Å². The molecule has 6 nitrogen and oxygen atoms in total. The van der Waals surface area contributed by atoms with Crippen LogP contribution in [0.5, 0.6) is 0 Å². The van der Waals surface area contributed by atoms with E-state index in [4.69, 9.17) is 9.84 Å². The quantitative estimate of drug-likeness (QED) is 0.907. The minimum Gasteiger partial charge on any atom is -0.373 e. The molecule has 6 heteroatoms. The van der Waals surface area contributed by atoms with Gasteiger partial charge in [-0.2, -0.15) is 10.2 Å². The van der Waals surface area contributed by atoms with E-state index >= 15 is 0 Å². The maximum absolute atomic E-state index is 6.10. The van der Waals surface area contributed by atoms with Crippen LogP contribution < -0.4 is 5.32 Å². The third-order valence-electron chi connectivity index (χ3n) is 5.88. The third kappa shape index (κ3) is 3.02. The molecule has 3 atom stereocenters. The largest absolute Gasteiger partial charge is 0.373 e. The van der Waals surface area contributed by atoms with Crippen LogP contribution in [0.2, 0.25) is 0 Å². The zero-order chi connectivity index (χ0) is 17.6. The van der Waals surface area contributed by atoms with Gasteiger partial charge in [0.05, 0.1) is 17.5 Å². The van der Waals surface area contributed by atoms with Gasteiger partial charge in [-0.25, -0.2) is 0 Å². The summed E-state index contributed by atoms with van der Waals surface area (Å²) >= 11 is 0. The lowest BCUT2D eigenvalue weighted by molar-refractivity contribution is 0.0888. The number of hydrogen-bond donors (Lipinski definition) is 1. The maximum Gasteiger partial charge on any atom is 0.0901 e. The first kappa shape index (κ1) is 16.8. The molecule has 2 aromatic heterocycles. The molecule has 0 amide bonds. The Morgan fingerprint density at radius 1 is 1.36 bits per heavy atom. The van der Waals surface area contributed by atoms with Crippen LogP contribution in [0.1, 0.15) is 60.3 Å². The molecule has 4 rings (SSSR count). The number of fused-ring (bicyclic) bond motifs is 1. The lowest BCUT2D eigenvalue weighted by atomic mass is 9.93. The van der Waals surface area contributed by atoms with Gasteiger partial charge >= 0.3 is 0 Å². The van der Waals surface area contributed by atoms with E-state index in [1.807, 2.05) is 11.7 Å². The van der Waals surface area contributed by atoms with Crippen LogP contribution in [-0.2, 0) is 24.8 Å². The van der Waals surface area contributed by atoms with Crippen molar-refractivity contribution < 1.29 is 4.74 Å². The van der Waals surface area contributed by atoms with Gasteiger partial charge in [-0.3, -0.25) is 9.36 Å². The summed E-state index contributed by atoms with van der Waals surface area (Å²) in [5, 5.41) is 13.0. The van der Waals surface area contributed by atoms with Crippen LogP contribution >= 0.6 is 0 Å². The lowest BCUT2D eigenvalue weighted by Crippen LogP contribution is -2.28. The van der Waals surface area contributed by atoms with Crippen molar-refractivity contribution in [2.24, 2.45) is 13.0 Å². The van der Waals surface area contributed by atoms with Gasteiger partial charge in [-0.05, 0) is 46.1 Å². The third-order valence-corrected chi connectivity index (χ3v) is 5.88. The number of ether oxygens (including phenoxy) is 1. The van der Waals surface area contributed by atoms with Gasteiger partial charge in [0.25, 0.3) is 0 Å². The summed E-state index contributed by atoms with van der Waals surface area (Å²) in [6, 6.07) is 2.54. The molecule has 136 valence electrons. The molecule has 0 aliphatic carbocycles. The predicted molar refractivity (Wildman–Crippen MR) is 96.4 cm³/mol. The number of aromatic nitrogens is 4. The first-order chi connectivity index (χ1) is 12.0. The van der Waals surface area contributed by atoms with Gasteiger partial charge in [-0.15, -0.1) is 0 Å². The predicted octanol–water partition coefficient (Wildman–Crippen LogP) is 2.61. The number of nitrogens with one attached hydrogen (secondary N) is 1. The van der Waals surface area contributed by atoms with Crippen molar-refractivity contribution in [1.29, 1.82) is 0 Å². The van der Waals surface area contributed by atoms with Crippen LogP contribution in [0.15, 0.2) is 6.07 Å². The molecule has 0 saturated carbocycles. The van der Waals surface area contributed by atoms with Gasteiger partial charge in [0.1, 0.15) is 0 Å². The van der Waals surface area contributed by atoms with E-state index in [9.17, 15) is 0 Å². The molecule has 0 radical (unpaired) electrons. The Morgan fingerprint density at radius 2 is 2.20 bits per heavy atom. The summed E-state index contributed by atoms with van der Waals surface area (Å²) in [6.07, 6.45) is 3.64. The second-order valence-corrected chi connectivity index (χ2v) is 7.57. The molecular formula is C19H29N5O. The van der Waals surface area contributed by atoms with Crippen LogP contribution in [0, 0.1) is 19.8 Å². The molecule has 1 fully saturated rings. The summed E-state index contributed by atoms with van der Waals surface area (Å²) in [7, 11) is 2.01. The van der Waals surface area contributed by atoms with Crippen molar-refractivity contribution in [3.63, 3.8) is 0 Å². The van der Waals surface area contributed by atoms with Gasteiger partial charge in [0.2, 0.25) is 0 Å². The van der Waals surface area contributed by atoms with Crippen LogP contribution in [0.4, 0.5) is 0 Å². The highest BCUT2D eigenvalue weighted by molar-refractivity contribution is 5.28. The molecule has 2 aliphatic rings. The van der Waals surface area contributed by atoms with Crippen LogP contribution in [-0.4, -0.2) is 32.7 Å². The van der Waals surface area contributed by atoms with Gasteiger partial charge in [-0.1, -0.05) is 0 Å². The van der Waals surface area contributed by atoms with Crippen LogP contribution in [0.3, 0.4) is 0 Å². The van der Waals surface area contributed by atoms with Crippen molar-refractivity contribution in [1.82, 2.24) is 24.9 Å². The lowest BCUT2D eigenvalue weighted by Gasteiger charge is -2.21. The second kappa shape index (κ2) is 6.57. The number of nitrogens with zero attached hydrogens (tertiary/aromatic N) is 4. The normalized spacial score (nSPS) is 24.0. The Balaban J connectivity index is 1.42. The molecule has 4 heterocycles. The average molecular weight is 343 g/mol. The molecule has 1 unspecified atom stereocenters.